The van der Waals surface area contributed by atoms with Gasteiger partial charge >= 0.3 is 0 Å². The van der Waals surface area contributed by atoms with Crippen molar-refractivity contribution in [2.75, 3.05) is 0 Å². The van der Waals surface area contributed by atoms with Crippen LogP contribution in [0.3, 0.4) is 0 Å². The lowest BCUT2D eigenvalue weighted by Gasteiger charge is -2.04. The molecule has 2 nitrogen and oxygen atoms in total. The normalized spacial score (nSPS) is 11.0. The van der Waals surface area contributed by atoms with Gasteiger partial charge in [0, 0.05) is 9.86 Å². The third kappa shape index (κ3) is 2.16. The summed E-state index contributed by atoms with van der Waals surface area (Å²) in [6.45, 7) is 0.644. The first-order valence-corrected chi connectivity index (χ1v) is 6.37. The third-order valence-electron chi connectivity index (χ3n) is 2.85. The lowest BCUT2D eigenvalue weighted by atomic mass is 10.2. The molecule has 90 valence electrons. The molecule has 0 radical (unpaired) electrons. The quantitative estimate of drug-likeness (QED) is 0.700. The van der Waals surface area contributed by atoms with Crippen LogP contribution in [0.25, 0.3) is 10.9 Å². The molecular formula is C14H10BrFN2. The summed E-state index contributed by atoms with van der Waals surface area (Å²) >= 11 is 3.44. The lowest BCUT2D eigenvalue weighted by molar-refractivity contribution is 0.625. The number of fused-ring (bicyclic) bond motifs is 1. The molecule has 0 saturated carbocycles. The number of hydrogen-bond donors (Lipinski definition) is 0. The molecule has 0 amide bonds. The van der Waals surface area contributed by atoms with Crippen molar-refractivity contribution in [1.29, 1.82) is 0 Å². The number of rotatable bonds is 2. The van der Waals surface area contributed by atoms with E-state index in [0.717, 1.165) is 20.9 Å². The van der Waals surface area contributed by atoms with E-state index in [0.29, 0.717) is 6.54 Å². The van der Waals surface area contributed by atoms with Crippen LogP contribution in [0.5, 0.6) is 0 Å². The second kappa shape index (κ2) is 4.53. The van der Waals surface area contributed by atoms with Crippen LogP contribution in [0.2, 0.25) is 0 Å². The largest absolute Gasteiger partial charge is 0.260 e. The minimum Gasteiger partial charge on any atom is -0.260 e. The number of nitrogens with zero attached hydrogens (tertiary/aromatic N) is 2. The van der Waals surface area contributed by atoms with Gasteiger partial charge in [-0.3, -0.25) is 4.68 Å². The first kappa shape index (κ1) is 11.4. The van der Waals surface area contributed by atoms with Crippen LogP contribution in [-0.4, -0.2) is 9.78 Å². The van der Waals surface area contributed by atoms with Crippen molar-refractivity contribution in [3.8, 4) is 0 Å². The van der Waals surface area contributed by atoms with Gasteiger partial charge in [0.15, 0.2) is 0 Å². The van der Waals surface area contributed by atoms with Gasteiger partial charge in [0.2, 0.25) is 0 Å². The van der Waals surface area contributed by atoms with E-state index >= 15 is 0 Å². The molecule has 0 aliphatic heterocycles. The molecule has 1 aromatic heterocycles. The van der Waals surface area contributed by atoms with Crippen LogP contribution in [0.1, 0.15) is 5.56 Å². The van der Waals surface area contributed by atoms with Gasteiger partial charge in [0.1, 0.15) is 5.82 Å². The molecule has 0 unspecified atom stereocenters. The van der Waals surface area contributed by atoms with Crippen LogP contribution in [0.4, 0.5) is 4.39 Å². The Labute approximate surface area is 112 Å². The molecule has 0 N–H and O–H groups in total. The van der Waals surface area contributed by atoms with Crippen LogP contribution < -0.4 is 0 Å². The third-order valence-corrected chi connectivity index (χ3v) is 3.34. The molecule has 0 bridgehead atoms. The van der Waals surface area contributed by atoms with Gasteiger partial charge in [-0.05, 0) is 35.9 Å². The van der Waals surface area contributed by atoms with Crippen molar-refractivity contribution in [2.45, 2.75) is 6.54 Å². The standard InChI is InChI=1S/C14H10BrFN2/c15-12-3-6-14-11(7-12)8-17-18(14)9-10-1-4-13(16)5-2-10/h1-8H,9H2. The zero-order valence-electron chi connectivity index (χ0n) is 9.48. The first-order chi connectivity index (χ1) is 8.72. The van der Waals surface area contributed by atoms with E-state index in [4.69, 9.17) is 0 Å². The molecule has 0 atom stereocenters. The van der Waals surface area contributed by atoms with Crippen LogP contribution in [0.15, 0.2) is 53.1 Å². The van der Waals surface area contributed by atoms with E-state index < -0.39 is 0 Å². The van der Waals surface area contributed by atoms with Gasteiger partial charge in [-0.1, -0.05) is 28.1 Å². The Hall–Kier alpha value is -1.68. The van der Waals surface area contributed by atoms with E-state index in [1.54, 1.807) is 12.1 Å². The number of benzene rings is 2. The first-order valence-electron chi connectivity index (χ1n) is 5.58. The molecule has 0 fully saturated rings. The Balaban J connectivity index is 1.97. The average molecular weight is 305 g/mol. The summed E-state index contributed by atoms with van der Waals surface area (Å²) in [7, 11) is 0. The molecule has 0 saturated heterocycles. The molecule has 3 aromatic rings. The monoisotopic (exact) mass is 304 g/mol. The van der Waals surface area contributed by atoms with Crippen molar-refractivity contribution in [2.24, 2.45) is 0 Å². The van der Waals surface area contributed by atoms with E-state index in [9.17, 15) is 4.39 Å². The maximum Gasteiger partial charge on any atom is 0.123 e. The smallest absolute Gasteiger partial charge is 0.123 e. The predicted molar refractivity (Wildman–Crippen MR) is 72.9 cm³/mol. The second-order valence-corrected chi connectivity index (χ2v) is 5.05. The Kier molecular flexibility index (Phi) is 2.88. The Morgan fingerprint density at radius 2 is 1.89 bits per heavy atom. The Morgan fingerprint density at radius 1 is 1.11 bits per heavy atom. The second-order valence-electron chi connectivity index (χ2n) is 4.13. The minimum atomic E-state index is -0.215. The van der Waals surface area contributed by atoms with Gasteiger partial charge in [-0.25, -0.2) is 4.39 Å². The highest BCUT2D eigenvalue weighted by Gasteiger charge is 2.03. The summed E-state index contributed by atoms with van der Waals surface area (Å²) in [5.41, 5.74) is 2.10. The Bertz CT molecular complexity index is 689. The summed E-state index contributed by atoms with van der Waals surface area (Å²) in [5.74, 6) is -0.215. The van der Waals surface area contributed by atoms with Gasteiger partial charge < -0.3 is 0 Å². The number of halogens is 2. The van der Waals surface area contributed by atoms with E-state index in [2.05, 4.69) is 21.0 Å². The van der Waals surface area contributed by atoms with E-state index in [1.165, 1.54) is 12.1 Å². The fraction of sp³-hybridized carbons (Fsp3) is 0.0714. The van der Waals surface area contributed by atoms with Crippen molar-refractivity contribution < 1.29 is 4.39 Å². The van der Waals surface area contributed by atoms with Gasteiger partial charge in [0.25, 0.3) is 0 Å². The number of aromatic nitrogens is 2. The highest BCUT2D eigenvalue weighted by molar-refractivity contribution is 9.10. The predicted octanol–water partition coefficient (Wildman–Crippen LogP) is 3.99. The molecule has 0 aliphatic carbocycles. The van der Waals surface area contributed by atoms with Crippen LogP contribution in [0, 0.1) is 5.82 Å². The maximum atomic E-state index is 12.8. The van der Waals surface area contributed by atoms with Gasteiger partial charge in [-0.2, -0.15) is 5.10 Å². The summed E-state index contributed by atoms with van der Waals surface area (Å²) < 4.78 is 15.8. The summed E-state index contributed by atoms with van der Waals surface area (Å²) in [6.07, 6.45) is 1.84. The average Bonchev–Trinajstić information content (AvgIpc) is 2.74. The van der Waals surface area contributed by atoms with Crippen molar-refractivity contribution in [1.82, 2.24) is 9.78 Å². The summed E-state index contributed by atoms with van der Waals surface area (Å²) in [4.78, 5) is 0. The Morgan fingerprint density at radius 3 is 2.67 bits per heavy atom. The van der Waals surface area contributed by atoms with E-state index in [1.807, 2.05) is 29.1 Å². The fourth-order valence-corrected chi connectivity index (χ4v) is 2.33. The van der Waals surface area contributed by atoms with Crippen molar-refractivity contribution >= 4 is 26.8 Å². The lowest BCUT2D eigenvalue weighted by Crippen LogP contribution is -2.01. The van der Waals surface area contributed by atoms with Crippen molar-refractivity contribution in [3.05, 3.63) is 64.5 Å². The van der Waals surface area contributed by atoms with Gasteiger partial charge in [-0.15, -0.1) is 0 Å². The molecule has 3 rings (SSSR count). The summed E-state index contributed by atoms with van der Waals surface area (Å²) in [5, 5.41) is 5.45. The SMILES string of the molecule is Fc1ccc(Cn2ncc3cc(Br)ccc32)cc1. The minimum absolute atomic E-state index is 0.215. The van der Waals surface area contributed by atoms with Crippen LogP contribution in [-0.2, 0) is 6.54 Å². The zero-order valence-corrected chi connectivity index (χ0v) is 11.1. The molecular weight excluding hydrogens is 295 g/mol. The van der Waals surface area contributed by atoms with Crippen LogP contribution >= 0.6 is 15.9 Å². The highest BCUT2D eigenvalue weighted by atomic mass is 79.9. The molecule has 2 aromatic carbocycles. The van der Waals surface area contributed by atoms with Gasteiger partial charge in [0.05, 0.1) is 18.3 Å². The van der Waals surface area contributed by atoms with Crippen molar-refractivity contribution in [3.63, 3.8) is 0 Å². The molecule has 0 aliphatic rings. The summed E-state index contributed by atoms with van der Waals surface area (Å²) in [6, 6.07) is 12.5. The maximum absolute atomic E-state index is 12.8. The molecule has 1 heterocycles. The zero-order chi connectivity index (χ0) is 12.5. The molecule has 4 heteroatoms. The topological polar surface area (TPSA) is 17.8 Å². The number of hydrogen-bond acceptors (Lipinski definition) is 1. The fourth-order valence-electron chi connectivity index (χ4n) is 1.95. The highest BCUT2D eigenvalue weighted by Crippen LogP contribution is 2.20. The van der Waals surface area contributed by atoms with E-state index in [-0.39, 0.29) is 5.82 Å². The molecule has 0 spiro atoms. The molecule has 18 heavy (non-hydrogen) atoms.